The van der Waals surface area contributed by atoms with Crippen LogP contribution in [-0.2, 0) is 4.79 Å². The fourth-order valence-corrected chi connectivity index (χ4v) is 1.68. The summed E-state index contributed by atoms with van der Waals surface area (Å²) in [5.41, 5.74) is 0.795. The molecule has 1 heterocycles. The second-order valence-electron chi connectivity index (χ2n) is 3.75. The second kappa shape index (κ2) is 3.97. The van der Waals surface area contributed by atoms with Gasteiger partial charge in [0.2, 0.25) is 0 Å². The summed E-state index contributed by atoms with van der Waals surface area (Å²) >= 11 is 0. The van der Waals surface area contributed by atoms with E-state index in [1.807, 2.05) is 0 Å². The molecule has 0 radical (unpaired) electrons. The van der Waals surface area contributed by atoms with Crippen molar-refractivity contribution < 1.29 is 14.4 Å². The van der Waals surface area contributed by atoms with Gasteiger partial charge in [-0.2, -0.15) is 0 Å². The summed E-state index contributed by atoms with van der Waals surface area (Å²) in [6.07, 6.45) is 0.409. The largest absolute Gasteiger partial charge is 0.268 e. The maximum Gasteiger partial charge on any atom is 0.268 e. The van der Waals surface area contributed by atoms with Crippen LogP contribution in [0, 0.1) is 0 Å². The van der Waals surface area contributed by atoms with Crippen molar-refractivity contribution >= 4 is 17.7 Å². The van der Waals surface area contributed by atoms with Crippen molar-refractivity contribution in [2.45, 2.75) is 13.3 Å². The predicted octanol–water partition coefficient (Wildman–Crippen LogP) is 1.78. The monoisotopic (exact) mass is 229 g/mol. The first-order valence-corrected chi connectivity index (χ1v) is 5.27. The lowest BCUT2D eigenvalue weighted by molar-refractivity contribution is -0.122. The van der Waals surface area contributed by atoms with Crippen LogP contribution in [0.2, 0.25) is 0 Å². The summed E-state index contributed by atoms with van der Waals surface area (Å²) in [7, 11) is 0. The van der Waals surface area contributed by atoms with E-state index in [9.17, 15) is 14.4 Å². The number of hydrogen-bond acceptors (Lipinski definition) is 3. The van der Waals surface area contributed by atoms with Crippen LogP contribution < -0.4 is 0 Å². The third-order valence-corrected chi connectivity index (χ3v) is 2.73. The average Bonchev–Trinajstić information content (AvgIpc) is 2.61. The molecule has 0 unspecified atom stereocenters. The van der Waals surface area contributed by atoms with Gasteiger partial charge in [-0.1, -0.05) is 25.6 Å². The summed E-state index contributed by atoms with van der Waals surface area (Å²) < 4.78 is 0. The molecule has 0 bridgehead atoms. The van der Waals surface area contributed by atoms with Crippen molar-refractivity contribution in [1.29, 1.82) is 0 Å². The number of hydrogen-bond donors (Lipinski definition) is 0. The van der Waals surface area contributed by atoms with E-state index in [1.54, 1.807) is 19.1 Å². The second-order valence-corrected chi connectivity index (χ2v) is 3.75. The first kappa shape index (κ1) is 11.3. The minimum absolute atomic E-state index is 0.250. The Balaban J connectivity index is 2.43. The van der Waals surface area contributed by atoms with Crippen LogP contribution in [-0.4, -0.2) is 22.6 Å². The molecule has 0 saturated carbocycles. The fraction of sp³-hybridized carbons (Fsp3) is 0.154. The van der Waals surface area contributed by atoms with Gasteiger partial charge >= 0.3 is 0 Å². The van der Waals surface area contributed by atoms with Gasteiger partial charge < -0.3 is 0 Å². The summed E-state index contributed by atoms with van der Waals surface area (Å²) in [6, 6.07) is 6.40. The normalized spacial score (nSPS) is 13.8. The van der Waals surface area contributed by atoms with Gasteiger partial charge in [0.1, 0.15) is 0 Å². The molecule has 1 aliphatic rings. The maximum absolute atomic E-state index is 11.9. The molecule has 3 amide bonds. The third-order valence-electron chi connectivity index (χ3n) is 2.73. The van der Waals surface area contributed by atoms with Crippen molar-refractivity contribution in [3.8, 4) is 0 Å². The molecule has 1 aliphatic heterocycles. The van der Waals surface area contributed by atoms with Crippen molar-refractivity contribution in [2.75, 3.05) is 0 Å². The van der Waals surface area contributed by atoms with Gasteiger partial charge in [0.05, 0.1) is 11.1 Å². The highest BCUT2D eigenvalue weighted by Crippen LogP contribution is 2.24. The van der Waals surface area contributed by atoms with Crippen molar-refractivity contribution in [2.24, 2.45) is 0 Å². The lowest BCUT2D eigenvalue weighted by Gasteiger charge is -2.12. The van der Waals surface area contributed by atoms with Crippen molar-refractivity contribution in [3.63, 3.8) is 0 Å². The Labute approximate surface area is 98.5 Å². The number of carbonyl (C=O) groups is 3. The first-order valence-electron chi connectivity index (χ1n) is 5.27. The number of carbonyl (C=O) groups excluding carboxylic acids is 3. The predicted molar refractivity (Wildman–Crippen MR) is 61.4 cm³/mol. The molecule has 4 heteroatoms. The Morgan fingerprint density at radius 2 is 1.65 bits per heavy atom. The van der Waals surface area contributed by atoms with Gasteiger partial charge in [-0.3, -0.25) is 14.4 Å². The van der Waals surface area contributed by atoms with E-state index < -0.39 is 17.7 Å². The quantitative estimate of drug-likeness (QED) is 0.573. The Morgan fingerprint density at radius 1 is 1.18 bits per heavy atom. The van der Waals surface area contributed by atoms with Gasteiger partial charge in [0.15, 0.2) is 0 Å². The molecule has 17 heavy (non-hydrogen) atoms. The van der Waals surface area contributed by atoms with Crippen LogP contribution in [0.25, 0.3) is 0 Å². The fourth-order valence-electron chi connectivity index (χ4n) is 1.68. The molecule has 0 saturated heterocycles. The number of nitrogens with zero attached hydrogens (tertiary/aromatic N) is 1. The Kier molecular flexibility index (Phi) is 2.63. The van der Waals surface area contributed by atoms with Crippen LogP contribution in [0.5, 0.6) is 0 Å². The number of benzene rings is 1. The Bertz CT molecular complexity index is 510. The molecule has 1 aromatic rings. The van der Waals surface area contributed by atoms with Gasteiger partial charge in [-0.25, -0.2) is 4.90 Å². The van der Waals surface area contributed by atoms with E-state index >= 15 is 0 Å². The van der Waals surface area contributed by atoms with E-state index in [0.717, 1.165) is 0 Å². The average molecular weight is 229 g/mol. The summed E-state index contributed by atoms with van der Waals surface area (Å²) in [5, 5.41) is 0. The van der Waals surface area contributed by atoms with Gasteiger partial charge in [0, 0.05) is 5.57 Å². The number of imide groups is 3. The molecule has 0 fully saturated rings. The highest BCUT2D eigenvalue weighted by molar-refractivity contribution is 6.30. The molecular weight excluding hydrogens is 218 g/mol. The standard InChI is InChI=1S/C13H11NO3/c1-3-8(2)11(15)14-12(16)9-6-4-5-7-10(9)13(14)17/h4-7H,2-3H2,1H3. The van der Waals surface area contributed by atoms with Gasteiger partial charge in [0.25, 0.3) is 17.7 Å². The van der Waals surface area contributed by atoms with Crippen LogP contribution >= 0.6 is 0 Å². The van der Waals surface area contributed by atoms with Crippen molar-refractivity contribution in [3.05, 3.63) is 47.5 Å². The van der Waals surface area contributed by atoms with E-state index in [1.165, 1.54) is 12.1 Å². The Hall–Kier alpha value is -2.23. The molecule has 1 aromatic carbocycles. The van der Waals surface area contributed by atoms with Gasteiger partial charge in [-0.15, -0.1) is 0 Å². The van der Waals surface area contributed by atoms with E-state index in [0.29, 0.717) is 11.3 Å². The van der Waals surface area contributed by atoms with E-state index in [2.05, 4.69) is 6.58 Å². The summed E-state index contributed by atoms with van der Waals surface area (Å²) in [4.78, 5) is 36.3. The summed E-state index contributed by atoms with van der Waals surface area (Å²) in [5.74, 6) is -1.74. The highest BCUT2D eigenvalue weighted by Gasteiger charge is 2.39. The number of fused-ring (bicyclic) bond motifs is 1. The molecule has 0 spiro atoms. The zero-order valence-electron chi connectivity index (χ0n) is 9.40. The molecular formula is C13H11NO3. The molecule has 0 aliphatic carbocycles. The van der Waals surface area contributed by atoms with Crippen LogP contribution in [0.1, 0.15) is 34.1 Å². The van der Waals surface area contributed by atoms with Gasteiger partial charge in [-0.05, 0) is 18.6 Å². The molecule has 86 valence electrons. The smallest absolute Gasteiger partial charge is 0.268 e. The minimum Gasteiger partial charge on any atom is -0.268 e. The minimum atomic E-state index is -0.612. The zero-order chi connectivity index (χ0) is 12.6. The lowest BCUT2D eigenvalue weighted by Crippen LogP contribution is -2.36. The zero-order valence-corrected chi connectivity index (χ0v) is 9.40. The molecule has 0 N–H and O–H groups in total. The van der Waals surface area contributed by atoms with Crippen molar-refractivity contribution in [1.82, 2.24) is 4.90 Å². The van der Waals surface area contributed by atoms with Crippen LogP contribution in [0.3, 0.4) is 0 Å². The Morgan fingerprint density at radius 3 is 2.06 bits per heavy atom. The van der Waals surface area contributed by atoms with Crippen LogP contribution in [0.4, 0.5) is 0 Å². The SMILES string of the molecule is C=C(CC)C(=O)N1C(=O)c2ccccc2C1=O. The highest BCUT2D eigenvalue weighted by atomic mass is 16.2. The molecule has 2 rings (SSSR count). The number of amides is 3. The topological polar surface area (TPSA) is 54.5 Å². The van der Waals surface area contributed by atoms with E-state index in [-0.39, 0.29) is 16.7 Å². The first-order chi connectivity index (χ1) is 8.07. The molecule has 0 atom stereocenters. The molecule has 0 aromatic heterocycles. The number of rotatable bonds is 2. The molecule has 4 nitrogen and oxygen atoms in total. The van der Waals surface area contributed by atoms with E-state index in [4.69, 9.17) is 0 Å². The summed E-state index contributed by atoms with van der Waals surface area (Å²) in [6.45, 7) is 5.30. The van der Waals surface area contributed by atoms with Crippen LogP contribution in [0.15, 0.2) is 36.4 Å². The third kappa shape index (κ3) is 1.58. The lowest BCUT2D eigenvalue weighted by atomic mass is 10.1. The maximum atomic E-state index is 11.9.